The summed E-state index contributed by atoms with van der Waals surface area (Å²) in [5, 5.41) is 16.1. The number of aryl methyl sites for hydroxylation is 1. The van der Waals surface area contributed by atoms with Gasteiger partial charge in [-0.05, 0) is 25.8 Å². The molecule has 0 bridgehead atoms. The number of hydrogen-bond acceptors (Lipinski definition) is 6. The van der Waals surface area contributed by atoms with E-state index in [9.17, 15) is 14.9 Å². The van der Waals surface area contributed by atoms with E-state index in [4.69, 9.17) is 20.9 Å². The number of rotatable bonds is 6. The number of amides is 1. The van der Waals surface area contributed by atoms with Gasteiger partial charge in [-0.1, -0.05) is 48.8 Å². The fourth-order valence-corrected chi connectivity index (χ4v) is 2.51. The molecule has 1 atom stereocenters. The number of ether oxygens (including phenoxy) is 1. The summed E-state index contributed by atoms with van der Waals surface area (Å²) in [6, 6.07) is 8.93. The molecule has 1 aromatic heterocycles. The average molecular weight is 390 g/mol. The number of hydrogen-bond donors (Lipinski definition) is 1. The van der Waals surface area contributed by atoms with Gasteiger partial charge >= 0.3 is 5.97 Å². The molecule has 1 aromatic carbocycles. The Hall–Kier alpha value is -2.85. The van der Waals surface area contributed by atoms with Crippen molar-refractivity contribution in [1.82, 2.24) is 10.5 Å². The van der Waals surface area contributed by atoms with Gasteiger partial charge in [0.15, 0.2) is 6.61 Å². The molecule has 0 saturated heterocycles. The summed E-state index contributed by atoms with van der Waals surface area (Å²) in [6.07, 6.45) is 0. The van der Waals surface area contributed by atoms with E-state index in [1.165, 1.54) is 0 Å². The predicted octanol–water partition coefficient (Wildman–Crippen LogP) is 3.51. The van der Waals surface area contributed by atoms with Crippen molar-refractivity contribution in [3.63, 3.8) is 0 Å². The van der Waals surface area contributed by atoms with Gasteiger partial charge in [0.1, 0.15) is 22.6 Å². The molecule has 1 N–H and O–H groups in total. The van der Waals surface area contributed by atoms with Gasteiger partial charge < -0.3 is 14.6 Å². The number of benzene rings is 1. The first-order valence-electron chi connectivity index (χ1n) is 8.30. The highest BCUT2D eigenvalue weighted by molar-refractivity contribution is 6.33. The molecule has 0 fully saturated rings. The third-order valence-electron chi connectivity index (χ3n) is 4.32. The SMILES string of the molecule is Cc1onc(-c2ccccc2Cl)c1C(=O)OCC(=O)N[C@@](C)(C#N)C(C)C. The number of halogens is 1. The first-order valence-corrected chi connectivity index (χ1v) is 8.68. The van der Waals surface area contributed by atoms with Crippen LogP contribution in [0.2, 0.25) is 5.02 Å². The minimum atomic E-state index is -1.06. The normalized spacial score (nSPS) is 12.9. The average Bonchev–Trinajstić information content (AvgIpc) is 3.01. The van der Waals surface area contributed by atoms with Crippen molar-refractivity contribution >= 4 is 23.5 Å². The van der Waals surface area contributed by atoms with Gasteiger partial charge in [0, 0.05) is 5.56 Å². The largest absolute Gasteiger partial charge is 0.452 e. The van der Waals surface area contributed by atoms with Crippen LogP contribution < -0.4 is 5.32 Å². The highest BCUT2D eigenvalue weighted by atomic mass is 35.5. The fraction of sp³-hybridized carbons (Fsp3) is 0.368. The minimum absolute atomic E-state index is 0.0998. The monoisotopic (exact) mass is 389 g/mol. The Morgan fingerprint density at radius 1 is 1.41 bits per heavy atom. The Balaban J connectivity index is 2.14. The molecule has 0 aliphatic rings. The molecule has 0 unspecified atom stereocenters. The van der Waals surface area contributed by atoms with Crippen LogP contribution in [0.5, 0.6) is 0 Å². The Morgan fingerprint density at radius 2 is 2.07 bits per heavy atom. The van der Waals surface area contributed by atoms with Gasteiger partial charge in [0.05, 0.1) is 11.1 Å². The van der Waals surface area contributed by atoms with Crippen LogP contribution in [0.4, 0.5) is 0 Å². The van der Waals surface area contributed by atoms with Crippen LogP contribution in [0.15, 0.2) is 28.8 Å². The first kappa shape index (κ1) is 20.5. The van der Waals surface area contributed by atoms with Crippen molar-refractivity contribution < 1.29 is 18.8 Å². The van der Waals surface area contributed by atoms with Crippen LogP contribution >= 0.6 is 11.6 Å². The Labute approximate surface area is 162 Å². The lowest BCUT2D eigenvalue weighted by molar-refractivity contribution is -0.125. The minimum Gasteiger partial charge on any atom is -0.452 e. The smallest absolute Gasteiger partial charge is 0.344 e. The lowest BCUT2D eigenvalue weighted by Gasteiger charge is -2.27. The van der Waals surface area contributed by atoms with Crippen LogP contribution in [0.3, 0.4) is 0 Å². The second kappa shape index (κ2) is 8.23. The molecule has 2 aromatic rings. The predicted molar refractivity (Wildman–Crippen MR) is 99.0 cm³/mol. The Bertz CT molecular complexity index is 901. The second-order valence-electron chi connectivity index (χ2n) is 6.54. The van der Waals surface area contributed by atoms with Crippen LogP contribution in [-0.4, -0.2) is 29.2 Å². The summed E-state index contributed by atoms with van der Waals surface area (Å²) in [4.78, 5) is 24.6. The molecule has 7 nitrogen and oxygen atoms in total. The van der Waals surface area contributed by atoms with Gasteiger partial charge in [-0.2, -0.15) is 5.26 Å². The van der Waals surface area contributed by atoms with Crippen LogP contribution in [-0.2, 0) is 9.53 Å². The molecule has 1 amide bonds. The van der Waals surface area contributed by atoms with Crippen molar-refractivity contribution in [1.29, 1.82) is 5.26 Å². The standard InChI is InChI=1S/C19H20ClN3O4/c1-11(2)19(4,10-21)22-15(24)9-26-18(25)16-12(3)27-23-17(16)13-7-5-6-8-14(13)20/h5-8,11H,9H2,1-4H3,(H,22,24)/t19-/m0/s1. The maximum Gasteiger partial charge on any atom is 0.344 e. The van der Waals surface area contributed by atoms with E-state index in [1.807, 2.05) is 13.8 Å². The van der Waals surface area contributed by atoms with Crippen molar-refractivity contribution in [2.75, 3.05) is 6.61 Å². The van der Waals surface area contributed by atoms with E-state index in [0.29, 0.717) is 10.6 Å². The topological polar surface area (TPSA) is 105 Å². The molecule has 0 radical (unpaired) electrons. The molecule has 8 heteroatoms. The van der Waals surface area contributed by atoms with Gasteiger partial charge in [0.25, 0.3) is 5.91 Å². The zero-order valence-corrected chi connectivity index (χ0v) is 16.3. The summed E-state index contributed by atoms with van der Waals surface area (Å²) in [5.41, 5.74) is -0.195. The van der Waals surface area contributed by atoms with Crippen LogP contribution in [0.1, 0.15) is 36.9 Å². The van der Waals surface area contributed by atoms with Crippen molar-refractivity contribution in [2.45, 2.75) is 33.2 Å². The summed E-state index contributed by atoms with van der Waals surface area (Å²) in [5.74, 6) is -1.20. The summed E-state index contributed by atoms with van der Waals surface area (Å²) < 4.78 is 10.2. The molecule has 0 aliphatic heterocycles. The zero-order valence-electron chi connectivity index (χ0n) is 15.5. The maximum absolute atomic E-state index is 12.5. The third kappa shape index (κ3) is 4.47. The quantitative estimate of drug-likeness (QED) is 0.758. The van der Waals surface area contributed by atoms with E-state index in [2.05, 4.69) is 16.5 Å². The number of carbonyl (C=O) groups is 2. The van der Waals surface area contributed by atoms with E-state index in [0.717, 1.165) is 0 Å². The second-order valence-corrected chi connectivity index (χ2v) is 6.94. The van der Waals surface area contributed by atoms with Crippen molar-refractivity contribution in [3.8, 4) is 17.3 Å². The summed E-state index contributed by atoms with van der Waals surface area (Å²) in [7, 11) is 0. The van der Waals surface area contributed by atoms with Gasteiger partial charge in [-0.15, -0.1) is 0 Å². The molecule has 0 spiro atoms. The molecule has 142 valence electrons. The molecule has 1 heterocycles. The first-order chi connectivity index (χ1) is 12.7. The number of aromatic nitrogens is 1. The zero-order chi connectivity index (χ0) is 20.2. The molecule has 2 rings (SSSR count). The van der Waals surface area contributed by atoms with Gasteiger partial charge in [-0.25, -0.2) is 4.79 Å². The summed E-state index contributed by atoms with van der Waals surface area (Å²) in [6.45, 7) is 6.26. The molecule has 0 aliphatic carbocycles. The Morgan fingerprint density at radius 3 is 2.67 bits per heavy atom. The molecular weight excluding hydrogens is 370 g/mol. The van der Waals surface area contributed by atoms with Gasteiger partial charge in [0.2, 0.25) is 0 Å². The van der Waals surface area contributed by atoms with Crippen molar-refractivity contribution in [3.05, 3.63) is 40.6 Å². The van der Waals surface area contributed by atoms with Crippen molar-refractivity contribution in [2.24, 2.45) is 5.92 Å². The van der Waals surface area contributed by atoms with E-state index < -0.39 is 24.0 Å². The van der Waals surface area contributed by atoms with Crippen LogP contribution in [0.25, 0.3) is 11.3 Å². The number of esters is 1. The molecule has 27 heavy (non-hydrogen) atoms. The lowest BCUT2D eigenvalue weighted by atomic mass is 9.90. The number of carbonyl (C=O) groups excluding carboxylic acids is 2. The third-order valence-corrected chi connectivity index (χ3v) is 4.65. The number of nitrogens with zero attached hydrogens (tertiary/aromatic N) is 2. The van der Waals surface area contributed by atoms with Gasteiger partial charge in [-0.3, -0.25) is 4.79 Å². The van der Waals surface area contributed by atoms with E-state index >= 15 is 0 Å². The lowest BCUT2D eigenvalue weighted by Crippen LogP contribution is -2.50. The highest BCUT2D eigenvalue weighted by Gasteiger charge is 2.31. The maximum atomic E-state index is 12.5. The van der Waals surface area contributed by atoms with Crippen LogP contribution in [0, 0.1) is 24.2 Å². The Kier molecular flexibility index (Phi) is 6.24. The number of nitrogens with one attached hydrogen (secondary N) is 1. The van der Waals surface area contributed by atoms with E-state index in [-0.39, 0.29) is 22.9 Å². The highest BCUT2D eigenvalue weighted by Crippen LogP contribution is 2.31. The summed E-state index contributed by atoms with van der Waals surface area (Å²) >= 11 is 6.16. The molecular formula is C19H20ClN3O4. The van der Waals surface area contributed by atoms with E-state index in [1.54, 1.807) is 38.1 Å². The number of nitriles is 1. The molecule has 0 saturated carbocycles. The fourth-order valence-electron chi connectivity index (χ4n) is 2.28.